The van der Waals surface area contributed by atoms with Crippen LogP contribution < -0.4 is 19.6 Å². The molecule has 1 aliphatic heterocycles. The molecule has 8 nitrogen and oxygen atoms in total. The second kappa shape index (κ2) is 9.40. The van der Waals surface area contributed by atoms with E-state index < -0.39 is 0 Å². The Morgan fingerprint density at radius 2 is 1.53 bits per heavy atom. The summed E-state index contributed by atoms with van der Waals surface area (Å²) in [4.78, 5) is 16.6. The number of nitrogens with zero attached hydrogens (tertiary/aromatic N) is 3. The fourth-order valence-electron chi connectivity index (χ4n) is 3.90. The Morgan fingerprint density at radius 1 is 0.933 bits per heavy atom. The third-order valence-electron chi connectivity index (χ3n) is 5.80. The summed E-state index contributed by atoms with van der Waals surface area (Å²) in [6.45, 7) is 6.60. The first-order valence-electron chi connectivity index (χ1n) is 10.0. The van der Waals surface area contributed by atoms with Crippen molar-refractivity contribution in [3.63, 3.8) is 0 Å². The Kier molecular flexibility index (Phi) is 6.89. The average molecular weight is 418 g/mol. The van der Waals surface area contributed by atoms with Gasteiger partial charge in [-0.3, -0.25) is 14.6 Å². The Bertz CT molecular complexity index is 949. The van der Waals surface area contributed by atoms with Gasteiger partial charge in [-0.1, -0.05) is 6.07 Å². The van der Waals surface area contributed by atoms with Crippen LogP contribution in [0.15, 0.2) is 23.0 Å². The lowest BCUT2D eigenvalue weighted by Gasteiger charge is -2.35. The van der Waals surface area contributed by atoms with Crippen LogP contribution in [0.3, 0.4) is 0 Å². The molecule has 0 aliphatic carbocycles. The Labute approximate surface area is 177 Å². The van der Waals surface area contributed by atoms with Crippen LogP contribution in [0.2, 0.25) is 0 Å². The van der Waals surface area contributed by atoms with Gasteiger partial charge in [-0.2, -0.15) is 0 Å². The highest BCUT2D eigenvalue weighted by Gasteiger charge is 2.23. The van der Waals surface area contributed by atoms with Crippen molar-refractivity contribution in [1.29, 1.82) is 0 Å². The maximum absolute atomic E-state index is 11.9. The summed E-state index contributed by atoms with van der Waals surface area (Å²) in [5.41, 5.74) is 2.23. The highest BCUT2D eigenvalue weighted by Crippen LogP contribution is 2.40. The van der Waals surface area contributed by atoms with Crippen molar-refractivity contribution < 1.29 is 19.3 Å². The molecule has 3 rings (SSSR count). The molecule has 0 radical (unpaired) electrons. The zero-order valence-corrected chi connectivity index (χ0v) is 18.4. The molecule has 2 heterocycles. The minimum atomic E-state index is -0.320. The van der Waals surface area contributed by atoms with Crippen LogP contribution in [-0.4, -0.2) is 67.0 Å². The quantitative estimate of drug-likeness (QED) is 0.735. The standard InChI is InChI=1S/C22H31N3O5/c1-15-12-18(26)20(27)17(23(15)2)14-25-10-8-24(9-11-25)13-16-6-7-19(28-3)22(30-5)21(16)29-4/h6-7,12,27H,8-11,13-14H2,1-5H3. The lowest BCUT2D eigenvalue weighted by Crippen LogP contribution is -2.45. The summed E-state index contributed by atoms with van der Waals surface area (Å²) in [6.07, 6.45) is 0. The first-order valence-corrected chi connectivity index (χ1v) is 10.0. The van der Waals surface area contributed by atoms with Gasteiger partial charge >= 0.3 is 0 Å². The second-order valence-electron chi connectivity index (χ2n) is 7.55. The predicted octanol–water partition coefficient (Wildman–Crippen LogP) is 1.74. The molecule has 0 bridgehead atoms. The smallest absolute Gasteiger partial charge is 0.223 e. The van der Waals surface area contributed by atoms with Gasteiger partial charge in [0.2, 0.25) is 11.2 Å². The van der Waals surface area contributed by atoms with Crippen LogP contribution in [0.1, 0.15) is 17.0 Å². The van der Waals surface area contributed by atoms with E-state index in [0.29, 0.717) is 29.5 Å². The second-order valence-corrected chi connectivity index (χ2v) is 7.55. The van der Waals surface area contributed by atoms with Gasteiger partial charge in [0.05, 0.1) is 27.0 Å². The Morgan fingerprint density at radius 3 is 2.10 bits per heavy atom. The van der Waals surface area contributed by atoms with Gasteiger partial charge in [-0.25, -0.2) is 0 Å². The van der Waals surface area contributed by atoms with Gasteiger partial charge < -0.3 is 23.9 Å². The van der Waals surface area contributed by atoms with E-state index in [0.717, 1.165) is 44.0 Å². The van der Waals surface area contributed by atoms with E-state index in [4.69, 9.17) is 14.2 Å². The molecule has 0 spiro atoms. The number of aromatic nitrogens is 1. The van der Waals surface area contributed by atoms with Crippen molar-refractivity contribution in [1.82, 2.24) is 14.4 Å². The highest BCUT2D eigenvalue weighted by atomic mass is 16.5. The van der Waals surface area contributed by atoms with Crippen LogP contribution in [-0.2, 0) is 20.1 Å². The lowest BCUT2D eigenvalue weighted by atomic mass is 10.1. The molecule has 1 aliphatic rings. The first kappa shape index (κ1) is 22.0. The third-order valence-corrected chi connectivity index (χ3v) is 5.80. The number of pyridine rings is 1. The molecule has 1 aromatic carbocycles. The normalized spacial score (nSPS) is 15.2. The van der Waals surface area contributed by atoms with Crippen molar-refractivity contribution in [2.24, 2.45) is 7.05 Å². The number of piperazine rings is 1. The number of benzene rings is 1. The molecule has 0 atom stereocenters. The van der Waals surface area contributed by atoms with Crippen molar-refractivity contribution in [3.8, 4) is 23.0 Å². The van der Waals surface area contributed by atoms with Crippen LogP contribution in [0.25, 0.3) is 0 Å². The molecular formula is C22H31N3O5. The SMILES string of the molecule is COc1ccc(CN2CCN(Cc3c(O)c(=O)cc(C)n3C)CC2)c(OC)c1OC. The minimum absolute atomic E-state index is 0.152. The lowest BCUT2D eigenvalue weighted by molar-refractivity contribution is 0.118. The van der Waals surface area contributed by atoms with Crippen LogP contribution in [0.5, 0.6) is 23.0 Å². The number of hydrogen-bond acceptors (Lipinski definition) is 7. The molecule has 0 unspecified atom stereocenters. The maximum Gasteiger partial charge on any atom is 0.223 e. The fraction of sp³-hybridized carbons (Fsp3) is 0.500. The Balaban J connectivity index is 1.67. The molecule has 1 aromatic heterocycles. The average Bonchev–Trinajstić information content (AvgIpc) is 2.76. The van der Waals surface area contributed by atoms with E-state index in [9.17, 15) is 9.90 Å². The number of aromatic hydroxyl groups is 1. The van der Waals surface area contributed by atoms with Crippen molar-refractivity contribution in [2.45, 2.75) is 20.0 Å². The molecular weight excluding hydrogens is 386 g/mol. The number of rotatable bonds is 7. The molecule has 8 heteroatoms. The summed E-state index contributed by atoms with van der Waals surface area (Å²) in [6, 6.07) is 5.37. The van der Waals surface area contributed by atoms with E-state index >= 15 is 0 Å². The molecule has 0 saturated carbocycles. The highest BCUT2D eigenvalue weighted by molar-refractivity contribution is 5.55. The maximum atomic E-state index is 11.9. The van der Waals surface area contributed by atoms with Gasteiger partial charge in [0.1, 0.15) is 0 Å². The monoisotopic (exact) mass is 417 g/mol. The number of hydrogen-bond donors (Lipinski definition) is 1. The summed E-state index contributed by atoms with van der Waals surface area (Å²) < 4.78 is 18.3. The van der Waals surface area contributed by atoms with E-state index in [1.54, 1.807) is 21.3 Å². The third kappa shape index (κ3) is 4.39. The van der Waals surface area contributed by atoms with Crippen LogP contribution >= 0.6 is 0 Å². The number of methoxy groups -OCH3 is 3. The summed E-state index contributed by atoms with van der Waals surface area (Å²) >= 11 is 0. The number of ether oxygens (including phenoxy) is 3. The summed E-state index contributed by atoms with van der Waals surface area (Å²) in [5, 5.41) is 10.2. The molecule has 1 saturated heterocycles. The van der Waals surface area contributed by atoms with Gasteiger partial charge in [0, 0.05) is 63.6 Å². The molecule has 1 fully saturated rings. The molecule has 1 N–H and O–H groups in total. The van der Waals surface area contributed by atoms with Gasteiger partial charge in [0.15, 0.2) is 17.2 Å². The topological polar surface area (TPSA) is 76.4 Å². The van der Waals surface area contributed by atoms with Crippen LogP contribution in [0.4, 0.5) is 0 Å². The van der Waals surface area contributed by atoms with Gasteiger partial charge in [-0.05, 0) is 13.0 Å². The van der Waals surface area contributed by atoms with E-state index in [-0.39, 0.29) is 11.2 Å². The predicted molar refractivity (Wildman–Crippen MR) is 115 cm³/mol. The van der Waals surface area contributed by atoms with Crippen molar-refractivity contribution in [3.05, 3.63) is 45.4 Å². The molecule has 164 valence electrons. The minimum Gasteiger partial charge on any atom is -0.503 e. The Hall–Kier alpha value is -2.71. The van der Waals surface area contributed by atoms with Gasteiger partial charge in [-0.15, -0.1) is 0 Å². The number of aryl methyl sites for hydroxylation is 1. The molecule has 30 heavy (non-hydrogen) atoms. The zero-order chi connectivity index (χ0) is 21.8. The largest absolute Gasteiger partial charge is 0.503 e. The zero-order valence-electron chi connectivity index (χ0n) is 18.4. The first-order chi connectivity index (χ1) is 14.4. The molecule has 0 amide bonds. The van der Waals surface area contributed by atoms with E-state index in [1.807, 2.05) is 30.7 Å². The summed E-state index contributed by atoms with van der Waals surface area (Å²) in [7, 11) is 6.73. The van der Waals surface area contributed by atoms with Gasteiger partial charge in [0.25, 0.3) is 0 Å². The van der Waals surface area contributed by atoms with Crippen molar-refractivity contribution in [2.75, 3.05) is 47.5 Å². The van der Waals surface area contributed by atoms with Crippen molar-refractivity contribution >= 4 is 0 Å². The fourth-order valence-corrected chi connectivity index (χ4v) is 3.90. The van der Waals surface area contributed by atoms with Crippen LogP contribution in [0, 0.1) is 6.92 Å². The van der Waals surface area contributed by atoms with E-state index in [2.05, 4.69) is 9.80 Å². The van der Waals surface area contributed by atoms with E-state index in [1.165, 1.54) is 6.07 Å². The summed E-state index contributed by atoms with van der Waals surface area (Å²) in [5.74, 6) is 1.79. The molecule has 2 aromatic rings.